The fourth-order valence-corrected chi connectivity index (χ4v) is 1.62. The van der Waals surface area contributed by atoms with Gasteiger partial charge in [0.05, 0.1) is 5.69 Å². The maximum Gasteiger partial charge on any atom is 0.175 e. The molecule has 1 heterocycles. The molecule has 0 atom stereocenters. The Morgan fingerprint density at radius 3 is 2.33 bits per heavy atom. The zero-order valence-electron chi connectivity index (χ0n) is 7.93. The third-order valence-electron chi connectivity index (χ3n) is 1.70. The van der Waals surface area contributed by atoms with Gasteiger partial charge < -0.3 is 0 Å². The predicted molar refractivity (Wildman–Crippen MR) is 49.4 cm³/mol. The van der Waals surface area contributed by atoms with E-state index in [0.717, 1.165) is 12.2 Å². The lowest BCUT2D eigenvalue weighted by atomic mass is 9.92. The Labute approximate surface area is 77.7 Å². The van der Waals surface area contributed by atoms with Gasteiger partial charge in [0.15, 0.2) is 5.15 Å². The maximum atomic E-state index is 5.91. The van der Waals surface area contributed by atoms with Crippen molar-refractivity contribution in [3.63, 3.8) is 0 Å². The summed E-state index contributed by atoms with van der Waals surface area (Å²) in [5.41, 5.74) is 1.02. The third-order valence-corrected chi connectivity index (χ3v) is 1.96. The van der Waals surface area contributed by atoms with E-state index in [-0.39, 0.29) is 5.41 Å². The molecule has 0 aliphatic rings. The highest BCUT2D eigenvalue weighted by Crippen LogP contribution is 2.27. The number of rotatable bonds is 1. The van der Waals surface area contributed by atoms with E-state index < -0.39 is 0 Å². The minimum absolute atomic E-state index is 0.0105. The zero-order chi connectivity index (χ0) is 9.35. The largest absolute Gasteiger partial charge is 0.248 e. The van der Waals surface area contributed by atoms with Crippen molar-refractivity contribution in [2.75, 3.05) is 0 Å². The molecule has 0 fully saturated rings. The summed E-state index contributed by atoms with van der Waals surface area (Å²) in [6.45, 7) is 9.14. The molecule has 0 bridgehead atoms. The van der Waals surface area contributed by atoms with Crippen LogP contribution in [0, 0.1) is 0 Å². The van der Waals surface area contributed by atoms with Crippen LogP contribution in [0.2, 0.25) is 5.15 Å². The van der Waals surface area contributed by atoms with Gasteiger partial charge in [-0.1, -0.05) is 37.6 Å². The van der Waals surface area contributed by atoms with E-state index in [0.29, 0.717) is 5.15 Å². The fourth-order valence-electron chi connectivity index (χ4n) is 1.21. The molecule has 0 saturated heterocycles. The van der Waals surface area contributed by atoms with Crippen molar-refractivity contribution < 1.29 is 0 Å². The molecular weight excluding hydrogens is 174 g/mol. The molecule has 0 aliphatic carbocycles. The van der Waals surface area contributed by atoms with Crippen LogP contribution in [-0.4, -0.2) is 15.0 Å². The molecule has 0 radical (unpaired) electrons. The molecule has 12 heavy (non-hydrogen) atoms. The van der Waals surface area contributed by atoms with Crippen LogP contribution < -0.4 is 0 Å². The van der Waals surface area contributed by atoms with Crippen LogP contribution in [0.25, 0.3) is 0 Å². The van der Waals surface area contributed by atoms with Gasteiger partial charge in [0.25, 0.3) is 0 Å². The van der Waals surface area contributed by atoms with E-state index in [1.54, 1.807) is 0 Å². The molecule has 1 aromatic heterocycles. The van der Waals surface area contributed by atoms with Crippen LogP contribution in [0.1, 0.15) is 33.4 Å². The molecule has 0 N–H and O–H groups in total. The Balaban J connectivity index is 3.19. The monoisotopic (exact) mass is 187 g/mol. The lowest BCUT2D eigenvalue weighted by Gasteiger charge is -2.18. The van der Waals surface area contributed by atoms with Crippen molar-refractivity contribution in [1.82, 2.24) is 15.0 Å². The highest BCUT2D eigenvalue weighted by molar-refractivity contribution is 6.30. The van der Waals surface area contributed by atoms with E-state index >= 15 is 0 Å². The normalized spacial score (nSPS) is 12.1. The molecular formula is C8H14ClN3. The Bertz CT molecular complexity index is 272. The Kier molecular flexibility index (Phi) is 2.42. The molecule has 1 rings (SSSR count). The van der Waals surface area contributed by atoms with E-state index in [1.807, 2.05) is 11.6 Å². The summed E-state index contributed by atoms with van der Waals surface area (Å²) in [5, 5.41) is 8.29. The molecule has 0 saturated carbocycles. The molecule has 1 aromatic rings. The van der Waals surface area contributed by atoms with E-state index in [9.17, 15) is 0 Å². The first kappa shape index (κ1) is 9.52. The van der Waals surface area contributed by atoms with E-state index in [1.165, 1.54) is 0 Å². The van der Waals surface area contributed by atoms with Gasteiger partial charge in [-0.25, -0.2) is 4.68 Å². The van der Waals surface area contributed by atoms with Gasteiger partial charge in [-0.05, 0) is 6.92 Å². The molecule has 0 unspecified atom stereocenters. The third kappa shape index (κ3) is 1.61. The first-order valence-electron chi connectivity index (χ1n) is 4.06. The molecule has 0 spiro atoms. The van der Waals surface area contributed by atoms with Crippen molar-refractivity contribution in [2.45, 2.75) is 39.7 Å². The van der Waals surface area contributed by atoms with Crippen LogP contribution in [0.4, 0.5) is 0 Å². The van der Waals surface area contributed by atoms with Gasteiger partial charge in [-0.15, -0.1) is 5.10 Å². The quantitative estimate of drug-likeness (QED) is 0.675. The zero-order valence-corrected chi connectivity index (χ0v) is 8.68. The van der Waals surface area contributed by atoms with Crippen molar-refractivity contribution in [3.05, 3.63) is 10.8 Å². The summed E-state index contributed by atoms with van der Waals surface area (Å²) in [6.07, 6.45) is 0. The van der Waals surface area contributed by atoms with Gasteiger partial charge in [-0.2, -0.15) is 0 Å². The smallest absolute Gasteiger partial charge is 0.175 e. The fraction of sp³-hybridized carbons (Fsp3) is 0.750. The minimum atomic E-state index is 0.0105. The van der Waals surface area contributed by atoms with Crippen LogP contribution in [0.15, 0.2) is 0 Å². The van der Waals surface area contributed by atoms with Gasteiger partial charge in [0.2, 0.25) is 0 Å². The van der Waals surface area contributed by atoms with Crippen LogP contribution in [-0.2, 0) is 12.0 Å². The Morgan fingerprint density at radius 1 is 1.42 bits per heavy atom. The number of nitrogens with zero attached hydrogens (tertiary/aromatic N) is 3. The lowest BCUT2D eigenvalue weighted by molar-refractivity contribution is 0.493. The summed E-state index contributed by atoms with van der Waals surface area (Å²) in [7, 11) is 0. The number of aromatic nitrogens is 3. The van der Waals surface area contributed by atoms with Crippen molar-refractivity contribution in [3.8, 4) is 0 Å². The van der Waals surface area contributed by atoms with Crippen LogP contribution in [0.5, 0.6) is 0 Å². The second-order valence-corrected chi connectivity index (χ2v) is 4.15. The number of halogens is 1. The summed E-state index contributed by atoms with van der Waals surface area (Å²) in [5.74, 6) is 0. The maximum absolute atomic E-state index is 5.91. The van der Waals surface area contributed by atoms with Gasteiger partial charge in [0, 0.05) is 12.0 Å². The molecule has 0 aliphatic heterocycles. The highest BCUT2D eigenvalue weighted by Gasteiger charge is 2.23. The number of hydrogen-bond donors (Lipinski definition) is 0. The predicted octanol–water partition coefficient (Wildman–Crippen LogP) is 2.25. The number of aryl methyl sites for hydroxylation is 1. The average molecular weight is 188 g/mol. The summed E-state index contributed by atoms with van der Waals surface area (Å²) in [6, 6.07) is 0. The van der Waals surface area contributed by atoms with Crippen molar-refractivity contribution in [2.24, 2.45) is 0 Å². The SMILES string of the molecule is CCn1nnc(Cl)c1C(C)(C)C. The van der Waals surface area contributed by atoms with Crippen molar-refractivity contribution >= 4 is 11.6 Å². The second-order valence-electron chi connectivity index (χ2n) is 3.79. The van der Waals surface area contributed by atoms with Gasteiger partial charge in [0.1, 0.15) is 0 Å². The Morgan fingerprint density at radius 2 is 2.00 bits per heavy atom. The van der Waals surface area contributed by atoms with Crippen LogP contribution >= 0.6 is 11.6 Å². The first-order chi connectivity index (χ1) is 5.46. The average Bonchev–Trinajstić information content (AvgIpc) is 2.29. The Hall–Kier alpha value is -0.570. The summed E-state index contributed by atoms with van der Waals surface area (Å²) in [4.78, 5) is 0. The molecule has 68 valence electrons. The molecule has 4 heteroatoms. The standard InChI is InChI=1S/C8H14ClN3/c1-5-12-6(8(2,3)4)7(9)10-11-12/h5H2,1-4H3. The number of hydrogen-bond acceptors (Lipinski definition) is 2. The molecule has 3 nitrogen and oxygen atoms in total. The van der Waals surface area contributed by atoms with Crippen LogP contribution in [0.3, 0.4) is 0 Å². The van der Waals surface area contributed by atoms with E-state index in [2.05, 4.69) is 31.1 Å². The highest BCUT2D eigenvalue weighted by atomic mass is 35.5. The first-order valence-corrected chi connectivity index (χ1v) is 4.44. The second kappa shape index (κ2) is 3.05. The van der Waals surface area contributed by atoms with Gasteiger partial charge >= 0.3 is 0 Å². The minimum Gasteiger partial charge on any atom is -0.248 e. The topological polar surface area (TPSA) is 30.7 Å². The van der Waals surface area contributed by atoms with E-state index in [4.69, 9.17) is 11.6 Å². The lowest BCUT2D eigenvalue weighted by Crippen LogP contribution is -2.18. The van der Waals surface area contributed by atoms with Gasteiger partial charge in [-0.3, -0.25) is 0 Å². The summed E-state index contributed by atoms with van der Waals surface area (Å²) >= 11 is 5.91. The van der Waals surface area contributed by atoms with Crippen molar-refractivity contribution in [1.29, 1.82) is 0 Å². The molecule has 0 aromatic carbocycles. The molecule has 0 amide bonds. The summed E-state index contributed by atoms with van der Waals surface area (Å²) < 4.78 is 1.84.